The Hall–Kier alpha value is -8.82. The second kappa shape index (κ2) is 58.1. The Morgan fingerprint density at radius 2 is 0.838 bits per heavy atom. The number of fused-ring (bicyclic) bond motifs is 1. The number of ether oxygens (including phenoxy) is 6. The van der Waals surface area contributed by atoms with Crippen LogP contribution < -0.4 is 39.9 Å². The number of para-hydroxylation sites is 1. The molecule has 1 unspecified atom stereocenters. The van der Waals surface area contributed by atoms with Crippen LogP contribution in [0.5, 0.6) is 34.5 Å². The van der Waals surface area contributed by atoms with E-state index < -0.39 is 32.8 Å². The van der Waals surface area contributed by atoms with Gasteiger partial charge in [0.05, 0.1) is 53.4 Å². The first kappa shape index (κ1) is 94.6. The SMILES string of the molecule is C=C(N)CCC(O)c1ccc(OCCF)cc1.C=C(N)CCCc1ccc(OCCF)cc1.CC(=N)CCCc1ccc(OCCCCF)c(Cl)c1.CC(=N)CCCc1ccc(OCCCF)cc1.FCCOc1ccc(CCCC2=NN=CC2)cc1Cl.FCCOc1ccc(CCCC2=Nc3ccccc3C2)cc1Cl. The second-order valence-corrected chi connectivity index (χ2v) is 27.5. The molecule has 0 aliphatic carbocycles. The molecule has 0 aromatic heterocycles. The number of rotatable bonds is 45. The molecule has 1 atom stereocenters. The summed E-state index contributed by atoms with van der Waals surface area (Å²) in [7, 11) is 0. The number of aliphatic hydroxyl groups excluding tert-OH is 1. The fraction of sp³-hybridized carbons (Fsp3) is 0.420. The van der Waals surface area contributed by atoms with Gasteiger partial charge in [-0.15, -0.1) is 0 Å². The van der Waals surface area contributed by atoms with Crippen LogP contribution in [0, 0.1) is 10.8 Å². The molecule has 23 heteroatoms. The normalized spacial score (nSPS) is 11.7. The summed E-state index contributed by atoms with van der Waals surface area (Å²) in [6.07, 6.45) is 20.1. The number of halogens is 9. The van der Waals surface area contributed by atoms with Crippen LogP contribution in [0.25, 0.3) is 0 Å². The maximum Gasteiger partial charge on any atom is 0.138 e. The molecular formula is C88H112Cl3F6N7O7. The van der Waals surface area contributed by atoms with E-state index in [1.807, 2.05) is 123 Å². The number of allylic oxidation sites excluding steroid dienone is 2. The number of nitrogens with two attached hydrogens (primary N) is 2. The Balaban J connectivity index is 0.000000282. The zero-order valence-corrected chi connectivity index (χ0v) is 66.6. The summed E-state index contributed by atoms with van der Waals surface area (Å²) in [5.74, 6) is 3.85. The molecule has 0 bridgehead atoms. The second-order valence-electron chi connectivity index (χ2n) is 26.3. The Labute approximate surface area is 668 Å². The highest BCUT2D eigenvalue weighted by atomic mass is 35.5. The van der Waals surface area contributed by atoms with Gasteiger partial charge in [-0.3, -0.25) is 13.8 Å². The molecule has 0 spiro atoms. The van der Waals surface area contributed by atoms with E-state index in [9.17, 15) is 31.4 Å². The summed E-state index contributed by atoms with van der Waals surface area (Å²) >= 11 is 18.4. The van der Waals surface area contributed by atoms with E-state index in [2.05, 4.69) is 46.6 Å². The molecule has 2 aliphatic heterocycles. The number of hydrogen-bond donors (Lipinski definition) is 5. The van der Waals surface area contributed by atoms with Crippen molar-refractivity contribution >= 4 is 69.6 Å². The van der Waals surface area contributed by atoms with Crippen LogP contribution in [0.4, 0.5) is 32.0 Å². The number of nitrogens with zero attached hydrogens (tertiary/aromatic N) is 3. The van der Waals surface area contributed by atoms with Gasteiger partial charge in [0.15, 0.2) is 0 Å². The number of aryl methyl sites for hydroxylation is 5. The predicted molar refractivity (Wildman–Crippen MR) is 446 cm³/mol. The van der Waals surface area contributed by atoms with Crippen LogP contribution in [0.15, 0.2) is 191 Å². The molecule has 0 saturated heterocycles. The van der Waals surface area contributed by atoms with Gasteiger partial charge in [-0.1, -0.05) is 121 Å². The van der Waals surface area contributed by atoms with E-state index in [0.29, 0.717) is 101 Å². The van der Waals surface area contributed by atoms with E-state index in [-0.39, 0.29) is 39.8 Å². The molecule has 14 nitrogen and oxygen atoms in total. The average Bonchev–Trinajstić information content (AvgIpc) is 1.73. The molecule has 2 aliphatic rings. The molecule has 9 rings (SSSR count). The number of nitrogens with one attached hydrogen (secondary N) is 2. The molecule has 604 valence electrons. The number of unbranched alkanes of at least 4 members (excludes halogenated alkanes) is 1. The molecule has 7 N–H and O–H groups in total. The van der Waals surface area contributed by atoms with Gasteiger partial charge in [0, 0.05) is 59.7 Å². The van der Waals surface area contributed by atoms with Crippen molar-refractivity contribution in [3.05, 3.63) is 230 Å². The van der Waals surface area contributed by atoms with Gasteiger partial charge >= 0.3 is 0 Å². The minimum absolute atomic E-state index is 0.0406. The third-order valence-electron chi connectivity index (χ3n) is 16.7. The van der Waals surface area contributed by atoms with Crippen molar-refractivity contribution in [2.45, 2.75) is 161 Å². The van der Waals surface area contributed by atoms with Gasteiger partial charge in [-0.25, -0.2) is 17.6 Å². The average molecular weight is 1600 g/mol. The fourth-order valence-electron chi connectivity index (χ4n) is 10.9. The molecule has 0 saturated carbocycles. The largest absolute Gasteiger partial charge is 0.494 e. The quantitative estimate of drug-likeness (QED) is 0.0139. The Bertz CT molecular complexity index is 3890. The van der Waals surface area contributed by atoms with Crippen molar-refractivity contribution in [3.63, 3.8) is 0 Å². The number of alkyl halides is 6. The highest BCUT2D eigenvalue weighted by Gasteiger charge is 2.15. The Kier molecular flexibility index (Phi) is 49.5. The highest BCUT2D eigenvalue weighted by Crippen LogP contribution is 2.32. The van der Waals surface area contributed by atoms with Gasteiger partial charge < -0.3 is 55.8 Å². The third kappa shape index (κ3) is 43.0. The van der Waals surface area contributed by atoms with Crippen LogP contribution >= 0.6 is 34.8 Å². The van der Waals surface area contributed by atoms with E-state index in [4.69, 9.17) is 85.5 Å². The van der Waals surface area contributed by atoms with Crippen LogP contribution in [0.2, 0.25) is 15.1 Å². The maximum atomic E-state index is 12.1. The minimum atomic E-state index is -0.564. The number of benzene rings is 7. The standard InChI is InChI=1S/C19H19ClFNO.C15H21ClFNO.C14H16ClFN2O.C14H20FNO.C13H18FNO2.C13H18FNO/c20-17-12-14(8-9-19(17)23-11-10-21)4-3-6-16-13-15-5-1-2-7-18(15)22-16;1-12(18)5-4-6-13-7-8-15(14(16)11-13)19-10-3-2-9-17;15-13-10-11(4-5-14(13)19-9-7-16)2-1-3-12-6-8-17-18-12;1-12(16)4-2-5-13-6-8-14(9-7-13)17-11-3-10-15;1-10(15)2-7-13(16)11-3-5-12(6-4-11)17-9-8-14;1-11(15)3-2-4-12-5-7-13(8-6-12)16-10-9-14/h1-2,5,7-9,12H,3-4,6,10-11,13H2;7-8,11,18H,2-6,9-10H2,1H3;4-5,8,10H,1-3,6-7,9H2;6-9,16H,2-5,10-11H2,1H3;3-6,13,16H,1-2,7-9,15H2;5-8H,1-4,9-10,15H2. The number of aliphatic imine (C=N–C) groups is 1. The Morgan fingerprint density at radius 1 is 0.441 bits per heavy atom. The zero-order chi connectivity index (χ0) is 80.6. The minimum Gasteiger partial charge on any atom is -0.494 e. The lowest BCUT2D eigenvalue weighted by Gasteiger charge is -2.11. The Morgan fingerprint density at radius 3 is 1.26 bits per heavy atom. The van der Waals surface area contributed by atoms with Gasteiger partial charge in [-0.2, -0.15) is 10.2 Å². The van der Waals surface area contributed by atoms with Crippen molar-refractivity contribution in [2.75, 3.05) is 79.7 Å². The monoisotopic (exact) mass is 1600 g/mol. The molecule has 2 heterocycles. The predicted octanol–water partition coefficient (Wildman–Crippen LogP) is 23.0. The van der Waals surface area contributed by atoms with Crippen molar-refractivity contribution in [3.8, 4) is 34.5 Å². The maximum absolute atomic E-state index is 12.1. The lowest BCUT2D eigenvalue weighted by Crippen LogP contribution is -2.02. The molecular weight excluding hydrogens is 1490 g/mol. The fourth-order valence-corrected chi connectivity index (χ4v) is 11.7. The summed E-state index contributed by atoms with van der Waals surface area (Å²) in [6.45, 7) is 9.44. The summed E-state index contributed by atoms with van der Waals surface area (Å²) < 4.78 is 103. The first-order chi connectivity index (χ1) is 53.7. The highest BCUT2D eigenvalue weighted by molar-refractivity contribution is 6.32. The van der Waals surface area contributed by atoms with Crippen molar-refractivity contribution < 1.29 is 59.9 Å². The first-order valence-corrected chi connectivity index (χ1v) is 39.0. The van der Waals surface area contributed by atoms with E-state index in [0.717, 1.165) is 154 Å². The zero-order valence-electron chi connectivity index (χ0n) is 64.3. The van der Waals surface area contributed by atoms with Crippen LogP contribution in [-0.4, -0.2) is 114 Å². The molecule has 0 fully saturated rings. The lowest BCUT2D eigenvalue weighted by atomic mass is 10.0. The summed E-state index contributed by atoms with van der Waals surface area (Å²) in [5.41, 5.74) is 25.2. The van der Waals surface area contributed by atoms with Gasteiger partial charge in [0.25, 0.3) is 0 Å². The van der Waals surface area contributed by atoms with Gasteiger partial charge in [-0.05, 0) is 254 Å². The van der Waals surface area contributed by atoms with E-state index in [1.165, 1.54) is 28.0 Å². The van der Waals surface area contributed by atoms with E-state index in [1.54, 1.807) is 30.3 Å². The van der Waals surface area contributed by atoms with Crippen LogP contribution in [-0.2, 0) is 38.5 Å². The summed E-state index contributed by atoms with van der Waals surface area (Å²) in [6, 6.07) is 48.0. The molecule has 0 radical (unpaired) electrons. The first-order valence-electron chi connectivity index (χ1n) is 37.9. The molecule has 7 aromatic carbocycles. The topological polar surface area (TPSA) is 212 Å². The lowest BCUT2D eigenvalue weighted by molar-refractivity contribution is 0.167. The molecule has 111 heavy (non-hydrogen) atoms. The third-order valence-corrected chi connectivity index (χ3v) is 17.6. The summed E-state index contributed by atoms with van der Waals surface area (Å²) in [5, 5.41) is 34.1. The number of aliphatic hydroxyl groups is 1. The van der Waals surface area contributed by atoms with Gasteiger partial charge in [0.1, 0.15) is 87.6 Å². The van der Waals surface area contributed by atoms with E-state index >= 15 is 0 Å². The van der Waals surface area contributed by atoms with Crippen LogP contribution in [0.3, 0.4) is 0 Å². The number of hydrogen-bond acceptors (Lipinski definition) is 14. The van der Waals surface area contributed by atoms with Crippen LogP contribution in [0.1, 0.15) is 162 Å². The molecule has 7 aromatic rings. The smallest absolute Gasteiger partial charge is 0.138 e. The van der Waals surface area contributed by atoms with Crippen molar-refractivity contribution in [1.29, 1.82) is 10.8 Å². The molecule has 0 amide bonds. The van der Waals surface area contributed by atoms with Gasteiger partial charge in [0.2, 0.25) is 0 Å². The van der Waals surface area contributed by atoms with Crippen molar-refractivity contribution in [2.24, 2.45) is 26.7 Å². The summed E-state index contributed by atoms with van der Waals surface area (Å²) in [4.78, 5) is 4.68. The van der Waals surface area contributed by atoms with Crippen molar-refractivity contribution in [1.82, 2.24) is 0 Å².